The predicted molar refractivity (Wildman–Crippen MR) is 82.9 cm³/mol. The summed E-state index contributed by atoms with van der Waals surface area (Å²) in [7, 11) is -0.462. The van der Waals surface area contributed by atoms with E-state index in [1.807, 2.05) is 0 Å². The minimum absolute atomic E-state index is 0.00720. The monoisotopic (exact) mass is 347 g/mol. The number of benzene rings is 1. The molecule has 0 aromatic heterocycles. The zero-order valence-electron chi connectivity index (χ0n) is 12.4. The van der Waals surface area contributed by atoms with E-state index in [4.69, 9.17) is 21.1 Å². The smallest absolute Gasteiger partial charge is 0.324 e. The number of sulfone groups is 1. The SMILES string of the molecule is COC(=O)[C@@H]1CS(=O)(=O)CCN1Cc1c(Cl)cccc1OC. The van der Waals surface area contributed by atoms with Crippen LogP contribution in [0.1, 0.15) is 5.56 Å². The molecule has 0 aliphatic carbocycles. The molecule has 1 saturated heterocycles. The van der Waals surface area contributed by atoms with Crippen molar-refractivity contribution >= 4 is 27.4 Å². The van der Waals surface area contributed by atoms with Crippen LogP contribution in [0.25, 0.3) is 0 Å². The molecule has 1 heterocycles. The van der Waals surface area contributed by atoms with E-state index in [2.05, 4.69) is 0 Å². The third-order valence-corrected chi connectivity index (χ3v) is 5.65. The third-order valence-electron chi connectivity index (χ3n) is 3.67. The van der Waals surface area contributed by atoms with Crippen molar-refractivity contribution in [1.82, 2.24) is 4.90 Å². The number of carbonyl (C=O) groups excluding carboxylic acids is 1. The second-order valence-electron chi connectivity index (χ2n) is 5.04. The molecule has 1 aliphatic heterocycles. The maximum atomic E-state index is 11.9. The lowest BCUT2D eigenvalue weighted by molar-refractivity contribution is -0.146. The number of carbonyl (C=O) groups is 1. The molecule has 0 saturated carbocycles. The van der Waals surface area contributed by atoms with Crippen molar-refractivity contribution in [2.24, 2.45) is 0 Å². The van der Waals surface area contributed by atoms with Crippen molar-refractivity contribution in [2.75, 3.05) is 32.3 Å². The first-order valence-corrected chi connectivity index (χ1v) is 8.91. The van der Waals surface area contributed by atoms with Gasteiger partial charge in [0.15, 0.2) is 9.84 Å². The highest BCUT2D eigenvalue weighted by atomic mass is 35.5. The van der Waals surface area contributed by atoms with Crippen LogP contribution >= 0.6 is 11.6 Å². The van der Waals surface area contributed by atoms with Crippen molar-refractivity contribution in [3.8, 4) is 5.75 Å². The number of hydrogen-bond donors (Lipinski definition) is 0. The maximum absolute atomic E-state index is 11.9. The Morgan fingerprint density at radius 1 is 1.41 bits per heavy atom. The van der Waals surface area contributed by atoms with E-state index < -0.39 is 21.8 Å². The van der Waals surface area contributed by atoms with Crippen molar-refractivity contribution in [1.29, 1.82) is 0 Å². The average Bonchev–Trinajstić information content (AvgIpc) is 2.49. The van der Waals surface area contributed by atoms with Gasteiger partial charge < -0.3 is 9.47 Å². The van der Waals surface area contributed by atoms with Gasteiger partial charge in [-0.05, 0) is 12.1 Å². The van der Waals surface area contributed by atoms with Gasteiger partial charge in [-0.1, -0.05) is 17.7 Å². The number of methoxy groups -OCH3 is 2. The van der Waals surface area contributed by atoms with Gasteiger partial charge in [0.2, 0.25) is 0 Å². The summed E-state index contributed by atoms with van der Waals surface area (Å²) in [6.07, 6.45) is 0. The molecule has 0 unspecified atom stereocenters. The van der Waals surface area contributed by atoms with E-state index in [0.717, 1.165) is 5.56 Å². The Kier molecular flexibility index (Phi) is 5.31. The number of esters is 1. The van der Waals surface area contributed by atoms with E-state index in [-0.39, 0.29) is 18.1 Å². The molecule has 2 rings (SSSR count). The van der Waals surface area contributed by atoms with Crippen LogP contribution in [0.2, 0.25) is 5.02 Å². The average molecular weight is 348 g/mol. The normalized spacial score (nSPS) is 21.3. The van der Waals surface area contributed by atoms with Crippen molar-refractivity contribution in [3.05, 3.63) is 28.8 Å². The van der Waals surface area contributed by atoms with Crippen LogP contribution < -0.4 is 4.74 Å². The number of nitrogens with zero attached hydrogens (tertiary/aromatic N) is 1. The van der Waals surface area contributed by atoms with E-state index in [1.54, 1.807) is 23.1 Å². The van der Waals surface area contributed by atoms with E-state index in [9.17, 15) is 13.2 Å². The first kappa shape index (κ1) is 17.1. The lowest BCUT2D eigenvalue weighted by Gasteiger charge is -2.33. The summed E-state index contributed by atoms with van der Waals surface area (Å²) < 4.78 is 33.6. The van der Waals surface area contributed by atoms with Gasteiger partial charge in [-0.25, -0.2) is 8.42 Å². The molecule has 1 aromatic rings. The van der Waals surface area contributed by atoms with Crippen molar-refractivity contribution in [2.45, 2.75) is 12.6 Å². The lowest BCUT2D eigenvalue weighted by atomic mass is 10.1. The predicted octanol–water partition coefficient (Wildman–Crippen LogP) is 1.12. The fourth-order valence-electron chi connectivity index (χ4n) is 2.47. The highest BCUT2D eigenvalue weighted by molar-refractivity contribution is 7.91. The molecular weight excluding hydrogens is 330 g/mol. The van der Waals surface area contributed by atoms with E-state index >= 15 is 0 Å². The molecule has 122 valence electrons. The Morgan fingerprint density at radius 2 is 2.14 bits per heavy atom. The van der Waals surface area contributed by atoms with Gasteiger partial charge in [0.25, 0.3) is 0 Å². The van der Waals surface area contributed by atoms with Gasteiger partial charge in [-0.2, -0.15) is 0 Å². The summed E-state index contributed by atoms with van der Waals surface area (Å²) in [5.74, 6) is -0.196. The zero-order valence-corrected chi connectivity index (χ0v) is 14.0. The van der Waals surface area contributed by atoms with Crippen LogP contribution in [0.5, 0.6) is 5.75 Å². The van der Waals surface area contributed by atoms with Crippen LogP contribution in [0.4, 0.5) is 0 Å². The molecule has 0 N–H and O–H groups in total. The fourth-order valence-corrected chi connectivity index (χ4v) is 4.20. The Hall–Kier alpha value is -1.31. The molecule has 8 heteroatoms. The molecule has 0 spiro atoms. The van der Waals surface area contributed by atoms with Gasteiger partial charge in [-0.3, -0.25) is 9.69 Å². The summed E-state index contributed by atoms with van der Waals surface area (Å²) in [4.78, 5) is 13.7. The van der Waals surface area contributed by atoms with Crippen LogP contribution in [-0.2, 0) is 25.9 Å². The van der Waals surface area contributed by atoms with Crippen molar-refractivity contribution < 1.29 is 22.7 Å². The summed E-state index contributed by atoms with van der Waals surface area (Å²) in [5.41, 5.74) is 0.722. The Labute approximate surface area is 134 Å². The minimum atomic E-state index is -3.24. The Balaban J connectivity index is 2.29. The number of ether oxygens (including phenoxy) is 2. The van der Waals surface area contributed by atoms with Crippen LogP contribution in [0, 0.1) is 0 Å². The quantitative estimate of drug-likeness (QED) is 0.760. The molecule has 1 fully saturated rings. The summed E-state index contributed by atoms with van der Waals surface area (Å²) in [5, 5.41) is 0.511. The van der Waals surface area contributed by atoms with Crippen LogP contribution in [0.15, 0.2) is 18.2 Å². The van der Waals surface area contributed by atoms with Crippen molar-refractivity contribution in [3.63, 3.8) is 0 Å². The van der Waals surface area contributed by atoms with Crippen LogP contribution in [0.3, 0.4) is 0 Å². The number of rotatable bonds is 4. The molecule has 0 amide bonds. The third kappa shape index (κ3) is 3.71. The lowest BCUT2D eigenvalue weighted by Crippen LogP contribution is -2.52. The van der Waals surface area contributed by atoms with Gasteiger partial charge >= 0.3 is 5.97 Å². The fraction of sp³-hybridized carbons (Fsp3) is 0.500. The molecule has 6 nitrogen and oxygen atoms in total. The Morgan fingerprint density at radius 3 is 2.77 bits per heavy atom. The van der Waals surface area contributed by atoms with Gasteiger partial charge in [0.1, 0.15) is 11.8 Å². The van der Waals surface area contributed by atoms with Crippen LogP contribution in [-0.4, -0.2) is 57.6 Å². The first-order valence-electron chi connectivity index (χ1n) is 6.71. The summed E-state index contributed by atoms with van der Waals surface area (Å²) in [6.45, 7) is 0.564. The minimum Gasteiger partial charge on any atom is -0.496 e. The molecule has 1 aromatic carbocycles. The molecule has 0 radical (unpaired) electrons. The molecule has 1 aliphatic rings. The molecule has 1 atom stereocenters. The van der Waals surface area contributed by atoms with E-state index in [1.165, 1.54) is 14.2 Å². The molecular formula is C14H18ClNO5S. The van der Waals surface area contributed by atoms with Gasteiger partial charge in [-0.15, -0.1) is 0 Å². The number of hydrogen-bond acceptors (Lipinski definition) is 6. The largest absolute Gasteiger partial charge is 0.496 e. The maximum Gasteiger partial charge on any atom is 0.324 e. The topological polar surface area (TPSA) is 72.9 Å². The Bertz CT molecular complexity index is 661. The highest BCUT2D eigenvalue weighted by Gasteiger charge is 2.37. The van der Waals surface area contributed by atoms with Gasteiger partial charge in [0.05, 0.1) is 25.7 Å². The molecule has 22 heavy (non-hydrogen) atoms. The summed E-state index contributed by atoms with van der Waals surface area (Å²) >= 11 is 6.20. The number of halogens is 1. The first-order chi connectivity index (χ1) is 10.4. The highest BCUT2D eigenvalue weighted by Crippen LogP contribution is 2.29. The summed E-state index contributed by atoms with van der Waals surface area (Å²) in [6, 6.07) is 4.44. The van der Waals surface area contributed by atoms with Gasteiger partial charge in [0, 0.05) is 23.7 Å². The van der Waals surface area contributed by atoms with E-state index in [0.29, 0.717) is 17.3 Å². The zero-order chi connectivity index (χ0) is 16.3. The second kappa shape index (κ2) is 6.85. The molecule has 0 bridgehead atoms. The standard InChI is InChI=1S/C14H18ClNO5S/c1-20-13-5-3-4-11(15)10(13)8-16-6-7-22(18,19)9-12(16)14(17)21-2/h3-5,12H,6-9H2,1-2H3/t12-/m0/s1. The second-order valence-corrected chi connectivity index (χ2v) is 7.68.